The Morgan fingerprint density at radius 2 is 1.60 bits per heavy atom. The third kappa shape index (κ3) is 4.57. The zero-order valence-corrected chi connectivity index (χ0v) is 8.94. The molecule has 0 amide bonds. The van der Waals surface area contributed by atoms with Crippen molar-refractivity contribution in [2.24, 2.45) is 0 Å². The largest absolute Gasteiger partial charge is 0.449 e. The second-order valence-electron chi connectivity index (χ2n) is 0.695. The molecule has 0 fully saturated rings. The lowest BCUT2D eigenvalue weighted by molar-refractivity contribution is 0.513. The van der Waals surface area contributed by atoms with Crippen molar-refractivity contribution in [1.29, 1.82) is 0 Å². The molecule has 0 saturated heterocycles. The maximum atomic E-state index is 4.78. The summed E-state index contributed by atoms with van der Waals surface area (Å²) in [4.78, 5) is 0. The number of hydrogen-bond donors (Lipinski definition) is 0. The lowest BCUT2D eigenvalue weighted by atomic mass is 15.8. The SMILES string of the molecule is [SiH3]O[SiH2]O[SiH3]. The van der Waals surface area contributed by atoms with Crippen LogP contribution in [0.25, 0.3) is 0 Å². The summed E-state index contributed by atoms with van der Waals surface area (Å²) in [6.45, 7) is 0. The Bertz CT molecular complexity index is 12.4. The van der Waals surface area contributed by atoms with Gasteiger partial charge in [-0.3, -0.25) is 0 Å². The van der Waals surface area contributed by atoms with Gasteiger partial charge >= 0.3 is 0 Å². The van der Waals surface area contributed by atoms with Gasteiger partial charge in [0.15, 0.2) is 0 Å². The molecule has 5 heteroatoms. The molecule has 0 saturated carbocycles. The van der Waals surface area contributed by atoms with Crippen molar-refractivity contribution in [1.82, 2.24) is 0 Å². The summed E-state index contributed by atoms with van der Waals surface area (Å²) in [5, 5.41) is 0. The highest BCUT2D eigenvalue weighted by Gasteiger charge is 1.66. The molecule has 5 heavy (non-hydrogen) atoms. The lowest BCUT2D eigenvalue weighted by Crippen LogP contribution is -1.96. The van der Waals surface area contributed by atoms with E-state index in [1.54, 1.807) is 0 Å². The minimum Gasteiger partial charge on any atom is -0.449 e. The fraction of sp³-hybridized carbons (Fsp3) is 0. The summed E-state index contributed by atoms with van der Waals surface area (Å²) in [7, 11) is 1.27. The van der Waals surface area contributed by atoms with Crippen LogP contribution in [0.1, 0.15) is 0 Å². The molecule has 0 aromatic heterocycles. The fourth-order valence-electron chi connectivity index (χ4n) is 0.118. The van der Waals surface area contributed by atoms with E-state index in [1.807, 2.05) is 0 Å². The fourth-order valence-corrected chi connectivity index (χ4v) is 3.18. The maximum absolute atomic E-state index is 4.78. The molecule has 32 valence electrons. The second-order valence-corrected chi connectivity index (χ2v) is 5.55. The van der Waals surface area contributed by atoms with E-state index in [9.17, 15) is 0 Å². The second kappa shape index (κ2) is 4.57. The Kier molecular flexibility index (Phi) is 5.09. The minimum atomic E-state index is -0.444. The van der Waals surface area contributed by atoms with Crippen LogP contribution in [0.3, 0.4) is 0 Å². The van der Waals surface area contributed by atoms with Gasteiger partial charge in [0.05, 0.1) is 0 Å². The van der Waals surface area contributed by atoms with Crippen LogP contribution < -0.4 is 0 Å². The highest BCUT2D eigenvalue weighted by molar-refractivity contribution is 6.33. The van der Waals surface area contributed by atoms with Gasteiger partial charge in [-0.2, -0.15) is 0 Å². The molecule has 0 aromatic carbocycles. The summed E-state index contributed by atoms with van der Waals surface area (Å²) in [5.41, 5.74) is 0. The summed E-state index contributed by atoms with van der Waals surface area (Å²) < 4.78 is 9.56. The predicted molar refractivity (Wildman–Crippen MR) is 30.6 cm³/mol. The van der Waals surface area contributed by atoms with Gasteiger partial charge < -0.3 is 8.23 Å². The molecule has 0 aromatic rings. The van der Waals surface area contributed by atoms with Crippen LogP contribution in [0.5, 0.6) is 0 Å². The monoisotopic (exact) mass is 124 g/mol. The van der Waals surface area contributed by atoms with E-state index in [4.69, 9.17) is 8.23 Å². The molecule has 0 aliphatic heterocycles. The third-order valence-corrected chi connectivity index (χ3v) is 2.12. The zero-order chi connectivity index (χ0) is 4.12. The molecule has 0 spiro atoms. The van der Waals surface area contributed by atoms with Gasteiger partial charge in [0.2, 0.25) is 0 Å². The van der Waals surface area contributed by atoms with Crippen LogP contribution >= 0.6 is 0 Å². The van der Waals surface area contributed by atoms with Gasteiger partial charge in [-0.25, -0.2) is 0 Å². The van der Waals surface area contributed by atoms with Crippen LogP contribution in [0, 0.1) is 0 Å². The van der Waals surface area contributed by atoms with Crippen LogP contribution in [0.4, 0.5) is 0 Å². The van der Waals surface area contributed by atoms with E-state index in [-0.39, 0.29) is 0 Å². The van der Waals surface area contributed by atoms with Crippen LogP contribution in [0.15, 0.2) is 0 Å². The van der Waals surface area contributed by atoms with E-state index in [0.717, 1.165) is 21.0 Å². The summed E-state index contributed by atoms with van der Waals surface area (Å²) in [5.74, 6) is 0. The lowest BCUT2D eigenvalue weighted by Gasteiger charge is -1.87. The van der Waals surface area contributed by atoms with E-state index in [1.165, 1.54) is 0 Å². The van der Waals surface area contributed by atoms with Gasteiger partial charge in [0.1, 0.15) is 21.0 Å². The topological polar surface area (TPSA) is 18.5 Å². The Balaban J connectivity index is 2.19. The first kappa shape index (κ1) is 5.57. The first-order valence-corrected chi connectivity index (χ1v) is 4.18. The maximum Gasteiger partial charge on any atom is 0.282 e. The van der Waals surface area contributed by atoms with Gasteiger partial charge in [0.25, 0.3) is 10.0 Å². The van der Waals surface area contributed by atoms with Crippen molar-refractivity contribution in [3.05, 3.63) is 0 Å². The molecule has 0 rings (SSSR count). The molecular weight excluding hydrogens is 116 g/mol. The van der Waals surface area contributed by atoms with Crippen molar-refractivity contribution < 1.29 is 8.23 Å². The van der Waals surface area contributed by atoms with Crippen molar-refractivity contribution >= 4 is 31.0 Å². The van der Waals surface area contributed by atoms with E-state index in [0.29, 0.717) is 0 Å². The first-order chi connectivity index (χ1) is 2.41. The molecular formula is H8O2Si3. The average Bonchev–Trinajstić information content (AvgIpc) is 1.41. The van der Waals surface area contributed by atoms with E-state index >= 15 is 0 Å². The summed E-state index contributed by atoms with van der Waals surface area (Å²) >= 11 is 0. The van der Waals surface area contributed by atoms with Crippen LogP contribution in [-0.2, 0) is 8.23 Å². The first-order valence-electron chi connectivity index (χ1n) is 1.39. The predicted octanol–water partition coefficient (Wildman–Crippen LogP) is -3.42. The minimum absolute atomic E-state index is 0.444. The normalized spacial score (nSPS) is 12.0. The smallest absolute Gasteiger partial charge is 0.282 e. The van der Waals surface area contributed by atoms with Gasteiger partial charge in [0, 0.05) is 0 Å². The standard InChI is InChI=1S/H8O2Si3/c3-1-5-2-4/h5H2,3-4H3. The molecule has 0 bridgehead atoms. The summed E-state index contributed by atoms with van der Waals surface area (Å²) in [6, 6.07) is 0. The molecule has 0 aliphatic rings. The van der Waals surface area contributed by atoms with Crippen molar-refractivity contribution in [2.75, 3.05) is 0 Å². The quantitative estimate of drug-likeness (QED) is 0.357. The zero-order valence-electron chi connectivity index (χ0n) is 3.52. The van der Waals surface area contributed by atoms with Crippen LogP contribution in [-0.4, -0.2) is 31.0 Å². The molecule has 0 aliphatic carbocycles. The average molecular weight is 124 g/mol. The summed E-state index contributed by atoms with van der Waals surface area (Å²) in [6.07, 6.45) is 0. The van der Waals surface area contributed by atoms with Crippen molar-refractivity contribution in [3.63, 3.8) is 0 Å². The van der Waals surface area contributed by atoms with Crippen molar-refractivity contribution in [2.45, 2.75) is 0 Å². The Morgan fingerprint density at radius 1 is 1.20 bits per heavy atom. The molecule has 0 N–H and O–H groups in total. The Morgan fingerprint density at radius 3 is 1.60 bits per heavy atom. The van der Waals surface area contributed by atoms with E-state index in [2.05, 4.69) is 0 Å². The highest BCUT2D eigenvalue weighted by atomic mass is 28.3. The van der Waals surface area contributed by atoms with Gasteiger partial charge in [-0.05, 0) is 0 Å². The molecule has 0 unspecified atom stereocenters. The number of rotatable bonds is 2. The number of hydrogen-bond acceptors (Lipinski definition) is 2. The molecule has 0 radical (unpaired) electrons. The van der Waals surface area contributed by atoms with Crippen molar-refractivity contribution in [3.8, 4) is 0 Å². The third-order valence-electron chi connectivity index (χ3n) is 0.236. The molecule has 0 atom stereocenters. The van der Waals surface area contributed by atoms with Crippen LogP contribution in [0.2, 0.25) is 0 Å². The molecule has 2 nitrogen and oxygen atoms in total. The van der Waals surface area contributed by atoms with E-state index < -0.39 is 10.0 Å². The van der Waals surface area contributed by atoms with Gasteiger partial charge in [-0.1, -0.05) is 0 Å². The highest BCUT2D eigenvalue weighted by Crippen LogP contribution is 1.52. The van der Waals surface area contributed by atoms with Gasteiger partial charge in [-0.15, -0.1) is 0 Å². The Hall–Kier alpha value is 0.571. The Labute approximate surface area is 40.0 Å². The molecule has 0 heterocycles.